The summed E-state index contributed by atoms with van der Waals surface area (Å²) in [5.41, 5.74) is 2.43. The molecular formula is C16H23N3O2. The number of carbonyl (C=O) groups excluding carboxylic acids is 1. The number of nitrogens with one attached hydrogen (secondary N) is 2. The molecule has 2 N–H and O–H groups in total. The van der Waals surface area contributed by atoms with E-state index >= 15 is 0 Å². The Labute approximate surface area is 125 Å². The fraction of sp³-hybridized carbons (Fsp3) is 0.500. The van der Waals surface area contributed by atoms with Crippen LogP contribution < -0.4 is 10.6 Å². The zero-order valence-electron chi connectivity index (χ0n) is 12.9. The average Bonchev–Trinajstić information content (AvgIpc) is 2.82. The number of anilines is 1. The van der Waals surface area contributed by atoms with Gasteiger partial charge in [-0.15, -0.1) is 0 Å². The normalized spacial score (nSPS) is 12.3. The molecule has 1 unspecified atom stereocenters. The Hall–Kier alpha value is -2.04. The predicted molar refractivity (Wildman–Crippen MR) is 84.4 cm³/mol. The maximum Gasteiger partial charge on any atom is 0.242 e. The summed E-state index contributed by atoms with van der Waals surface area (Å²) in [6.45, 7) is 6.56. The topological polar surface area (TPSA) is 67.2 Å². The molecule has 0 aliphatic carbocycles. The molecule has 1 atom stereocenters. The third-order valence-corrected chi connectivity index (χ3v) is 3.35. The molecule has 0 saturated carbocycles. The number of rotatable bonds is 7. The number of amides is 1. The minimum Gasteiger partial charge on any atom is -0.441 e. The van der Waals surface area contributed by atoms with Crippen molar-refractivity contribution in [3.8, 4) is 0 Å². The van der Waals surface area contributed by atoms with Crippen LogP contribution in [0, 0.1) is 6.92 Å². The highest BCUT2D eigenvalue weighted by molar-refractivity contribution is 5.85. The number of aromatic nitrogens is 1. The van der Waals surface area contributed by atoms with E-state index in [4.69, 9.17) is 4.42 Å². The molecule has 2 rings (SSSR count). The largest absolute Gasteiger partial charge is 0.441 e. The molecule has 5 heteroatoms. The first-order chi connectivity index (χ1) is 10.1. The van der Waals surface area contributed by atoms with Crippen molar-refractivity contribution in [2.24, 2.45) is 0 Å². The number of hydrogen-bond acceptors (Lipinski definition) is 4. The predicted octanol–water partition coefficient (Wildman–Crippen LogP) is 3.24. The van der Waals surface area contributed by atoms with Gasteiger partial charge in [0, 0.05) is 19.2 Å². The van der Waals surface area contributed by atoms with Crippen molar-refractivity contribution < 1.29 is 9.21 Å². The fourth-order valence-electron chi connectivity index (χ4n) is 2.19. The summed E-state index contributed by atoms with van der Waals surface area (Å²) in [6, 6.07) is 5.38. The van der Waals surface area contributed by atoms with Gasteiger partial charge in [-0.05, 0) is 31.5 Å². The van der Waals surface area contributed by atoms with Crippen molar-refractivity contribution in [3.63, 3.8) is 0 Å². The van der Waals surface area contributed by atoms with Crippen molar-refractivity contribution in [3.05, 3.63) is 24.1 Å². The molecule has 5 nitrogen and oxygen atoms in total. The van der Waals surface area contributed by atoms with Crippen molar-refractivity contribution in [1.29, 1.82) is 0 Å². The molecule has 2 aromatic rings. The van der Waals surface area contributed by atoms with Gasteiger partial charge in [-0.1, -0.05) is 19.8 Å². The molecule has 0 saturated heterocycles. The number of carbonyl (C=O) groups is 1. The van der Waals surface area contributed by atoms with E-state index in [1.165, 1.54) is 0 Å². The minimum absolute atomic E-state index is 0.0162. The second-order valence-electron chi connectivity index (χ2n) is 5.28. The van der Waals surface area contributed by atoms with Gasteiger partial charge in [-0.25, -0.2) is 4.98 Å². The van der Waals surface area contributed by atoms with E-state index < -0.39 is 0 Å². The molecule has 0 aliphatic heterocycles. The molecule has 0 radical (unpaired) electrons. The second-order valence-corrected chi connectivity index (χ2v) is 5.28. The van der Waals surface area contributed by atoms with Gasteiger partial charge in [0.1, 0.15) is 11.6 Å². The Morgan fingerprint density at radius 3 is 2.95 bits per heavy atom. The molecule has 21 heavy (non-hydrogen) atoms. The molecule has 1 aromatic heterocycles. The second kappa shape index (κ2) is 7.11. The maximum atomic E-state index is 12.0. The van der Waals surface area contributed by atoms with Gasteiger partial charge in [-0.2, -0.15) is 0 Å². The van der Waals surface area contributed by atoms with E-state index in [1.54, 1.807) is 0 Å². The van der Waals surface area contributed by atoms with Crippen LogP contribution in [0.3, 0.4) is 0 Å². The van der Waals surface area contributed by atoms with Crippen LogP contribution in [0.4, 0.5) is 5.69 Å². The lowest BCUT2D eigenvalue weighted by Crippen LogP contribution is -2.38. The van der Waals surface area contributed by atoms with E-state index in [0.717, 1.165) is 42.6 Å². The quantitative estimate of drug-likeness (QED) is 0.768. The highest BCUT2D eigenvalue weighted by Crippen LogP contribution is 2.20. The number of oxazole rings is 1. The molecule has 0 bridgehead atoms. The SMILES string of the molecule is CCCCCNC(=O)C(C)Nc1ccc2oc(C)nc2c1. The Morgan fingerprint density at radius 1 is 1.38 bits per heavy atom. The van der Waals surface area contributed by atoms with Gasteiger partial charge in [0.25, 0.3) is 0 Å². The zero-order chi connectivity index (χ0) is 15.2. The maximum absolute atomic E-state index is 12.0. The lowest BCUT2D eigenvalue weighted by molar-refractivity contribution is -0.121. The van der Waals surface area contributed by atoms with E-state index in [9.17, 15) is 4.79 Å². The van der Waals surface area contributed by atoms with Gasteiger partial charge in [0.15, 0.2) is 11.5 Å². The first kappa shape index (κ1) is 15.4. The van der Waals surface area contributed by atoms with Crippen LogP contribution in [-0.2, 0) is 4.79 Å². The van der Waals surface area contributed by atoms with E-state index in [-0.39, 0.29) is 11.9 Å². The third kappa shape index (κ3) is 4.21. The Morgan fingerprint density at radius 2 is 2.19 bits per heavy atom. The fourth-order valence-corrected chi connectivity index (χ4v) is 2.19. The van der Waals surface area contributed by atoms with Crippen LogP contribution in [0.15, 0.2) is 22.6 Å². The van der Waals surface area contributed by atoms with E-state index in [2.05, 4.69) is 22.5 Å². The van der Waals surface area contributed by atoms with Gasteiger partial charge in [-0.3, -0.25) is 4.79 Å². The number of hydrogen-bond donors (Lipinski definition) is 2. The van der Waals surface area contributed by atoms with Crippen molar-refractivity contribution in [2.45, 2.75) is 46.1 Å². The average molecular weight is 289 g/mol. The van der Waals surface area contributed by atoms with Crippen LogP contribution in [-0.4, -0.2) is 23.5 Å². The Balaban J connectivity index is 1.90. The number of aryl methyl sites for hydroxylation is 1. The molecule has 0 spiro atoms. The first-order valence-electron chi connectivity index (χ1n) is 7.51. The molecular weight excluding hydrogens is 266 g/mol. The monoisotopic (exact) mass is 289 g/mol. The lowest BCUT2D eigenvalue weighted by atomic mass is 10.2. The van der Waals surface area contributed by atoms with E-state index in [1.807, 2.05) is 32.0 Å². The summed E-state index contributed by atoms with van der Waals surface area (Å²) in [5.74, 6) is 0.659. The summed E-state index contributed by atoms with van der Waals surface area (Å²) >= 11 is 0. The summed E-state index contributed by atoms with van der Waals surface area (Å²) in [4.78, 5) is 16.3. The highest BCUT2D eigenvalue weighted by Gasteiger charge is 2.12. The molecule has 1 aromatic carbocycles. The number of nitrogens with zero attached hydrogens (tertiary/aromatic N) is 1. The van der Waals surface area contributed by atoms with Gasteiger partial charge in [0.2, 0.25) is 5.91 Å². The third-order valence-electron chi connectivity index (χ3n) is 3.35. The molecule has 1 amide bonds. The molecule has 0 aliphatic rings. The summed E-state index contributed by atoms with van der Waals surface area (Å²) in [6.07, 6.45) is 3.32. The summed E-state index contributed by atoms with van der Waals surface area (Å²) < 4.78 is 5.43. The van der Waals surface area contributed by atoms with Crippen LogP contribution in [0.5, 0.6) is 0 Å². The Kier molecular flexibility index (Phi) is 5.20. The van der Waals surface area contributed by atoms with E-state index in [0.29, 0.717) is 5.89 Å². The van der Waals surface area contributed by atoms with Crippen molar-refractivity contribution in [2.75, 3.05) is 11.9 Å². The zero-order valence-corrected chi connectivity index (χ0v) is 12.9. The van der Waals surface area contributed by atoms with Crippen molar-refractivity contribution >= 4 is 22.7 Å². The Bertz CT molecular complexity index is 607. The lowest BCUT2D eigenvalue weighted by Gasteiger charge is -2.15. The summed E-state index contributed by atoms with van der Waals surface area (Å²) in [7, 11) is 0. The van der Waals surface area contributed by atoms with Crippen LogP contribution >= 0.6 is 0 Å². The minimum atomic E-state index is -0.280. The van der Waals surface area contributed by atoms with Gasteiger partial charge >= 0.3 is 0 Å². The molecule has 114 valence electrons. The standard InChI is InChI=1S/C16H23N3O2/c1-4-5-6-9-17-16(20)11(2)18-13-7-8-15-14(10-13)19-12(3)21-15/h7-8,10-11,18H,4-6,9H2,1-3H3,(H,17,20). The molecule has 1 heterocycles. The number of benzene rings is 1. The van der Waals surface area contributed by atoms with Crippen LogP contribution in [0.1, 0.15) is 39.0 Å². The number of unbranched alkanes of at least 4 members (excludes halogenated alkanes) is 2. The van der Waals surface area contributed by atoms with Crippen molar-refractivity contribution in [1.82, 2.24) is 10.3 Å². The van der Waals surface area contributed by atoms with Gasteiger partial charge < -0.3 is 15.1 Å². The van der Waals surface area contributed by atoms with Gasteiger partial charge in [0.05, 0.1) is 0 Å². The van der Waals surface area contributed by atoms with Crippen LogP contribution in [0.25, 0.3) is 11.1 Å². The highest BCUT2D eigenvalue weighted by atomic mass is 16.3. The number of fused-ring (bicyclic) bond motifs is 1. The van der Waals surface area contributed by atoms with Crippen LogP contribution in [0.2, 0.25) is 0 Å². The summed E-state index contributed by atoms with van der Waals surface area (Å²) in [5, 5.41) is 6.13. The molecule has 0 fully saturated rings. The smallest absolute Gasteiger partial charge is 0.242 e. The first-order valence-corrected chi connectivity index (χ1v) is 7.51.